The second kappa shape index (κ2) is 12.3. The van der Waals surface area contributed by atoms with Crippen molar-refractivity contribution in [2.24, 2.45) is 0 Å². The number of halogens is 3. The van der Waals surface area contributed by atoms with Gasteiger partial charge in [-0.05, 0) is 42.0 Å². The number of hydrogen-bond acceptors (Lipinski definition) is 7. The molecular formula is C27H24Cl2FN2O5S+. The Labute approximate surface area is 232 Å². The number of benzene rings is 2. The molecule has 2 aromatic heterocycles. The van der Waals surface area contributed by atoms with Gasteiger partial charge in [0, 0.05) is 23.4 Å². The van der Waals surface area contributed by atoms with Crippen LogP contribution < -0.4 is 19.8 Å². The van der Waals surface area contributed by atoms with Gasteiger partial charge in [-0.25, -0.2) is 14.2 Å². The molecule has 0 saturated carbocycles. The summed E-state index contributed by atoms with van der Waals surface area (Å²) >= 11 is 14.0. The van der Waals surface area contributed by atoms with Crippen molar-refractivity contribution in [2.45, 2.75) is 19.1 Å². The highest BCUT2D eigenvalue weighted by Gasteiger charge is 2.24. The van der Waals surface area contributed by atoms with Crippen molar-refractivity contribution in [1.29, 1.82) is 0 Å². The summed E-state index contributed by atoms with van der Waals surface area (Å²) in [4.78, 5) is 17.2. The molecular weight excluding hydrogens is 554 g/mol. The number of pyridine rings is 1. The number of anilines is 1. The average Bonchev–Trinajstić information content (AvgIpc) is 3.40. The van der Waals surface area contributed by atoms with Crippen LogP contribution in [-0.2, 0) is 17.7 Å². The van der Waals surface area contributed by atoms with Gasteiger partial charge in [0.1, 0.15) is 21.0 Å². The molecule has 0 aliphatic rings. The van der Waals surface area contributed by atoms with Gasteiger partial charge in [0.15, 0.2) is 35.5 Å². The molecule has 0 saturated heterocycles. The predicted molar refractivity (Wildman–Crippen MR) is 144 cm³/mol. The van der Waals surface area contributed by atoms with Crippen molar-refractivity contribution < 1.29 is 33.5 Å². The van der Waals surface area contributed by atoms with Crippen molar-refractivity contribution in [1.82, 2.24) is 0 Å². The molecule has 7 nitrogen and oxygen atoms in total. The summed E-state index contributed by atoms with van der Waals surface area (Å²) < 4.78 is 30.8. The lowest BCUT2D eigenvalue weighted by molar-refractivity contribution is -0.377. The van der Waals surface area contributed by atoms with Crippen LogP contribution in [0, 0.1) is 5.82 Å². The van der Waals surface area contributed by atoms with Gasteiger partial charge in [-0.3, -0.25) is 0 Å². The molecule has 0 unspecified atom stereocenters. The molecule has 38 heavy (non-hydrogen) atoms. The molecule has 0 amide bonds. The summed E-state index contributed by atoms with van der Waals surface area (Å²) in [5, 5.41) is 13.3. The minimum absolute atomic E-state index is 0.157. The van der Waals surface area contributed by atoms with Crippen molar-refractivity contribution in [3.8, 4) is 17.2 Å². The maximum atomic E-state index is 14.1. The summed E-state index contributed by atoms with van der Waals surface area (Å²) in [5.74, 6) is -0.710. The van der Waals surface area contributed by atoms with Gasteiger partial charge in [0.05, 0.1) is 19.9 Å². The largest absolute Gasteiger partial charge is 0.505 e. The number of H-pyrrole nitrogens is 1. The summed E-state index contributed by atoms with van der Waals surface area (Å²) in [6.45, 7) is 0.253. The lowest BCUT2D eigenvalue weighted by Gasteiger charge is -2.20. The number of carbonyl (C=O) groups excluding carboxylic acids is 1. The molecule has 0 aliphatic carbocycles. The van der Waals surface area contributed by atoms with E-state index in [1.807, 2.05) is 0 Å². The van der Waals surface area contributed by atoms with E-state index in [9.17, 15) is 14.3 Å². The van der Waals surface area contributed by atoms with Crippen molar-refractivity contribution in [3.05, 3.63) is 97.7 Å². The smallest absolute Gasteiger partial charge is 0.348 e. The van der Waals surface area contributed by atoms with E-state index in [4.69, 9.17) is 37.4 Å². The Bertz CT molecular complexity index is 1430. The second-order valence-electron chi connectivity index (χ2n) is 8.10. The summed E-state index contributed by atoms with van der Waals surface area (Å²) in [7, 11) is 3.06. The lowest BCUT2D eigenvalue weighted by atomic mass is 10.0. The third kappa shape index (κ3) is 6.30. The molecule has 0 bridgehead atoms. The predicted octanol–water partition coefficient (Wildman–Crippen LogP) is 6.48. The normalized spacial score (nSPS) is 11.6. The van der Waals surface area contributed by atoms with E-state index < -0.39 is 23.6 Å². The summed E-state index contributed by atoms with van der Waals surface area (Å²) in [6, 6.07) is 13.0. The molecule has 11 heteroatoms. The average molecular weight is 578 g/mol. The van der Waals surface area contributed by atoms with E-state index in [2.05, 4.69) is 10.3 Å². The maximum Gasteiger partial charge on any atom is 0.348 e. The Morgan fingerprint density at radius 1 is 1.08 bits per heavy atom. The number of nitrogens with one attached hydrogen (secondary N) is 2. The monoisotopic (exact) mass is 577 g/mol. The molecule has 2 heterocycles. The number of aromatic hydroxyl groups is 1. The first-order valence-corrected chi connectivity index (χ1v) is 12.9. The van der Waals surface area contributed by atoms with Crippen LogP contribution in [0.1, 0.15) is 31.8 Å². The fraction of sp³-hybridized carbons (Fsp3) is 0.185. The molecule has 198 valence electrons. The van der Waals surface area contributed by atoms with Crippen LogP contribution in [0.25, 0.3) is 0 Å². The number of carbonyl (C=O) groups is 1. The second-order valence-corrected chi connectivity index (χ2v) is 10.1. The number of ether oxygens (including phenoxy) is 3. The zero-order valence-corrected chi connectivity index (χ0v) is 22.7. The number of hydrogen-bond donors (Lipinski definition) is 2. The molecule has 3 N–H and O–H groups in total. The van der Waals surface area contributed by atoms with Crippen LogP contribution in [0.3, 0.4) is 0 Å². The van der Waals surface area contributed by atoms with Crippen molar-refractivity contribution >= 4 is 46.2 Å². The van der Waals surface area contributed by atoms with Gasteiger partial charge >= 0.3 is 5.97 Å². The number of methoxy groups -OCH3 is 2. The van der Waals surface area contributed by atoms with Crippen LogP contribution >= 0.6 is 34.5 Å². The van der Waals surface area contributed by atoms with Crippen LogP contribution in [0.4, 0.5) is 10.1 Å². The van der Waals surface area contributed by atoms with Crippen LogP contribution in [0.15, 0.2) is 60.9 Å². The third-order valence-electron chi connectivity index (χ3n) is 5.71. The zero-order chi connectivity index (χ0) is 27.2. The van der Waals surface area contributed by atoms with E-state index in [-0.39, 0.29) is 18.7 Å². The van der Waals surface area contributed by atoms with Gasteiger partial charge in [-0.2, -0.15) is 0 Å². The highest BCUT2D eigenvalue weighted by atomic mass is 35.5. The van der Waals surface area contributed by atoms with Crippen molar-refractivity contribution in [2.75, 3.05) is 19.5 Å². The minimum Gasteiger partial charge on any atom is -0.505 e. The minimum atomic E-state index is -0.746. The fourth-order valence-corrected chi connectivity index (χ4v) is 5.11. The number of esters is 1. The Kier molecular flexibility index (Phi) is 8.93. The SMILES string of the molecule is COc1ccc([C@H](Cc2c(Cl)c[nH+]cc2Cl)OC(=O)c2ccc(CNc3cccc(O)c3F)s2)cc1OC. The Morgan fingerprint density at radius 2 is 1.82 bits per heavy atom. The highest BCUT2D eigenvalue weighted by molar-refractivity contribution is 7.13. The molecule has 2 aromatic carbocycles. The number of phenolic OH excluding ortho intramolecular Hbond substituents is 1. The van der Waals surface area contributed by atoms with Gasteiger partial charge in [-0.1, -0.05) is 35.3 Å². The third-order valence-corrected chi connectivity index (χ3v) is 7.45. The number of phenols is 1. The highest BCUT2D eigenvalue weighted by Crippen LogP contribution is 2.36. The Hall–Kier alpha value is -3.53. The number of thiophene rings is 1. The van der Waals surface area contributed by atoms with Crippen molar-refractivity contribution in [3.63, 3.8) is 0 Å². The quantitative estimate of drug-likeness (QED) is 0.209. The molecule has 4 aromatic rings. The molecule has 0 radical (unpaired) electrons. The first-order chi connectivity index (χ1) is 18.3. The molecule has 1 atom stereocenters. The number of rotatable bonds is 10. The van der Waals surface area contributed by atoms with E-state index in [1.54, 1.807) is 42.7 Å². The van der Waals surface area contributed by atoms with E-state index >= 15 is 0 Å². The summed E-state index contributed by atoms with van der Waals surface area (Å²) in [5.41, 5.74) is 1.43. The van der Waals surface area contributed by atoms with Crippen LogP contribution in [-0.4, -0.2) is 25.3 Å². The van der Waals surface area contributed by atoms with E-state index in [0.29, 0.717) is 37.5 Å². The maximum absolute atomic E-state index is 14.1. The number of aromatic amines is 1. The fourth-order valence-electron chi connectivity index (χ4n) is 3.75. The van der Waals surface area contributed by atoms with Gasteiger partial charge in [0.25, 0.3) is 0 Å². The Morgan fingerprint density at radius 3 is 2.53 bits per heavy atom. The molecule has 0 spiro atoms. The standard InChI is InChI=1S/C27H23Cl2FN2O5S/c1-35-22-8-6-15(10-24(22)36-2)23(11-17-18(28)13-31-14-19(17)29)37-27(34)25-9-7-16(38-25)12-32-20-4-3-5-21(33)26(20)30/h3-10,13-14,23,32-33H,11-12H2,1-2H3/p+1/t23-/m0/s1. The number of aromatic nitrogens is 1. The van der Waals surface area contributed by atoms with Crippen LogP contribution in [0.5, 0.6) is 17.2 Å². The summed E-state index contributed by atoms with van der Waals surface area (Å²) in [6.07, 6.45) is 2.67. The zero-order valence-electron chi connectivity index (χ0n) is 20.4. The van der Waals surface area contributed by atoms with Gasteiger partial charge < -0.3 is 24.6 Å². The van der Waals surface area contributed by atoms with E-state index in [1.165, 1.54) is 43.8 Å². The lowest BCUT2D eigenvalue weighted by Crippen LogP contribution is -2.15. The first-order valence-electron chi connectivity index (χ1n) is 11.4. The van der Waals surface area contributed by atoms with Gasteiger partial charge in [-0.15, -0.1) is 11.3 Å². The van der Waals surface area contributed by atoms with Gasteiger partial charge in [0.2, 0.25) is 0 Å². The topological polar surface area (TPSA) is 91.2 Å². The first kappa shape index (κ1) is 27.5. The van der Waals surface area contributed by atoms with E-state index in [0.717, 1.165) is 4.88 Å². The molecule has 0 fully saturated rings. The van der Waals surface area contributed by atoms with Crippen LogP contribution in [0.2, 0.25) is 10.0 Å². The Balaban J connectivity index is 1.56. The molecule has 0 aliphatic heterocycles. The molecule has 4 rings (SSSR count).